The molecule has 1 saturated heterocycles. The van der Waals surface area contributed by atoms with Crippen molar-refractivity contribution in [2.24, 2.45) is 10.7 Å². The lowest BCUT2D eigenvalue weighted by atomic mass is 10.1. The van der Waals surface area contributed by atoms with E-state index in [2.05, 4.69) is 70.0 Å². The number of aryl methyl sites for hydroxylation is 1. The maximum atomic E-state index is 6.17. The number of piperidine rings is 1. The number of aromatic nitrogens is 1. The number of guanidine groups is 1. The van der Waals surface area contributed by atoms with Crippen molar-refractivity contribution in [1.29, 1.82) is 0 Å². The van der Waals surface area contributed by atoms with Crippen LogP contribution in [0, 0.1) is 0 Å². The number of pyridine rings is 1. The lowest BCUT2D eigenvalue weighted by molar-refractivity contribution is 0.257. The third-order valence-corrected chi connectivity index (χ3v) is 6.43. The highest BCUT2D eigenvalue weighted by atomic mass is 15.1. The minimum absolute atomic E-state index is 0.306. The normalized spacial score (nSPS) is 20.0. The summed E-state index contributed by atoms with van der Waals surface area (Å²) in [6.07, 6.45) is 4.35. The van der Waals surface area contributed by atoms with Crippen LogP contribution < -0.4 is 16.4 Å². The van der Waals surface area contributed by atoms with Gasteiger partial charge in [-0.05, 0) is 87.3 Å². The van der Waals surface area contributed by atoms with E-state index in [1.165, 1.54) is 11.1 Å². The molecule has 0 spiro atoms. The highest BCUT2D eigenvalue weighted by Crippen LogP contribution is 2.33. The number of likely N-dealkylation sites (tertiary alicyclic amines) is 1. The fourth-order valence-corrected chi connectivity index (χ4v) is 4.67. The summed E-state index contributed by atoms with van der Waals surface area (Å²) in [7, 11) is 2.15. The molecule has 4 N–H and O–H groups in total. The van der Waals surface area contributed by atoms with E-state index in [4.69, 9.17) is 10.7 Å². The topological polar surface area (TPSA) is 78.6 Å². The van der Waals surface area contributed by atoms with Crippen LogP contribution in [0.5, 0.6) is 0 Å². The number of nitrogens with zero attached hydrogens (tertiary/aromatic N) is 3. The fraction of sp³-hybridized carbons (Fsp3) is 0.360. The third-order valence-electron chi connectivity index (χ3n) is 6.43. The maximum absolute atomic E-state index is 6.17. The van der Waals surface area contributed by atoms with Gasteiger partial charge in [0.25, 0.3) is 0 Å². The first-order valence-electron chi connectivity index (χ1n) is 11.2. The molecule has 31 heavy (non-hydrogen) atoms. The number of aliphatic imine (C=N–C) groups is 1. The molecule has 0 saturated carbocycles. The van der Waals surface area contributed by atoms with Crippen molar-refractivity contribution in [2.45, 2.75) is 37.8 Å². The number of nitrogens with one attached hydrogen (secondary N) is 2. The Hall–Kier alpha value is -3.12. The van der Waals surface area contributed by atoms with Gasteiger partial charge >= 0.3 is 0 Å². The van der Waals surface area contributed by atoms with Crippen molar-refractivity contribution in [2.75, 3.05) is 30.8 Å². The van der Waals surface area contributed by atoms with Crippen LogP contribution in [0.15, 0.2) is 59.6 Å². The summed E-state index contributed by atoms with van der Waals surface area (Å²) in [4.78, 5) is 11.8. The summed E-state index contributed by atoms with van der Waals surface area (Å²) >= 11 is 0. The molecule has 1 aliphatic heterocycles. The van der Waals surface area contributed by atoms with Gasteiger partial charge < -0.3 is 21.3 Å². The predicted molar refractivity (Wildman–Crippen MR) is 129 cm³/mol. The Morgan fingerprint density at radius 2 is 1.90 bits per heavy atom. The Morgan fingerprint density at radius 1 is 1.06 bits per heavy atom. The van der Waals surface area contributed by atoms with Gasteiger partial charge in [-0.2, -0.15) is 0 Å². The van der Waals surface area contributed by atoms with E-state index in [-0.39, 0.29) is 0 Å². The molecule has 5 rings (SSSR count). The first-order chi connectivity index (χ1) is 15.1. The van der Waals surface area contributed by atoms with Crippen molar-refractivity contribution in [3.05, 3.63) is 65.7 Å². The van der Waals surface area contributed by atoms with E-state index in [1.54, 1.807) is 0 Å². The van der Waals surface area contributed by atoms with Crippen LogP contribution in [0.4, 0.5) is 11.5 Å². The monoisotopic (exact) mass is 414 g/mol. The molecular weight excluding hydrogens is 384 g/mol. The number of nitrogens with two attached hydrogens (primary N) is 1. The average Bonchev–Trinajstić information content (AvgIpc) is 3.18. The highest BCUT2D eigenvalue weighted by molar-refractivity contribution is 5.95. The molecule has 2 heterocycles. The summed E-state index contributed by atoms with van der Waals surface area (Å²) in [6, 6.07) is 19.6. The van der Waals surface area contributed by atoms with Crippen molar-refractivity contribution in [3.63, 3.8) is 0 Å². The van der Waals surface area contributed by atoms with Crippen LogP contribution in [0.2, 0.25) is 0 Å². The molecule has 1 fully saturated rings. The van der Waals surface area contributed by atoms with Crippen LogP contribution in [-0.2, 0) is 6.42 Å². The van der Waals surface area contributed by atoms with Crippen molar-refractivity contribution < 1.29 is 0 Å². The zero-order valence-corrected chi connectivity index (χ0v) is 18.0. The standard InChI is InChI=1S/C25H30N6/c1-31-14-12-19(13-15-31)27-25(26)28-20-8-10-22-18(16-20)7-11-24(29-22)30-23-9-6-17-4-2-3-5-21(17)23/h2-5,7-8,10-11,16,19,23H,6,9,12-15H2,1H3,(H,29,30)(H3,26,27,28). The molecule has 2 aliphatic rings. The SMILES string of the molecule is CN1CCC(N=C(N)Nc2ccc3nc(NC4CCc5ccccc54)ccc3c2)CC1. The summed E-state index contributed by atoms with van der Waals surface area (Å²) in [5, 5.41) is 7.94. The first-order valence-corrected chi connectivity index (χ1v) is 11.2. The summed E-state index contributed by atoms with van der Waals surface area (Å²) in [5.74, 6) is 1.40. The molecule has 0 amide bonds. The van der Waals surface area contributed by atoms with Crippen molar-refractivity contribution >= 4 is 28.4 Å². The number of hydrogen-bond acceptors (Lipinski definition) is 4. The van der Waals surface area contributed by atoms with Crippen LogP contribution in [-0.4, -0.2) is 42.0 Å². The Kier molecular flexibility index (Phi) is 5.47. The number of fused-ring (bicyclic) bond motifs is 2. The number of benzene rings is 2. The van der Waals surface area contributed by atoms with Gasteiger partial charge in [0.2, 0.25) is 0 Å². The molecule has 160 valence electrons. The van der Waals surface area contributed by atoms with Gasteiger partial charge in [-0.1, -0.05) is 24.3 Å². The van der Waals surface area contributed by atoms with E-state index >= 15 is 0 Å². The van der Waals surface area contributed by atoms with E-state index < -0.39 is 0 Å². The lowest BCUT2D eigenvalue weighted by Gasteiger charge is -2.26. The second kappa shape index (κ2) is 8.55. The minimum atomic E-state index is 0.306. The van der Waals surface area contributed by atoms with Gasteiger partial charge in [-0.3, -0.25) is 0 Å². The van der Waals surface area contributed by atoms with Crippen LogP contribution in [0.3, 0.4) is 0 Å². The molecular formula is C25H30N6. The number of anilines is 2. The number of rotatable bonds is 4. The second-order valence-corrected chi connectivity index (χ2v) is 8.71. The smallest absolute Gasteiger partial charge is 0.193 e. The molecule has 0 bridgehead atoms. The van der Waals surface area contributed by atoms with Crippen LogP contribution in [0.1, 0.15) is 36.4 Å². The van der Waals surface area contributed by atoms with Crippen molar-refractivity contribution in [1.82, 2.24) is 9.88 Å². The van der Waals surface area contributed by atoms with Gasteiger partial charge in [0.15, 0.2) is 5.96 Å². The molecule has 3 aromatic rings. The van der Waals surface area contributed by atoms with Gasteiger partial charge in [-0.25, -0.2) is 9.98 Å². The van der Waals surface area contributed by atoms with Gasteiger partial charge in [0.05, 0.1) is 17.6 Å². The summed E-state index contributed by atoms with van der Waals surface area (Å²) in [5.41, 5.74) is 10.9. The Bertz CT molecular complexity index is 1100. The van der Waals surface area contributed by atoms with E-state index in [0.29, 0.717) is 18.0 Å². The summed E-state index contributed by atoms with van der Waals surface area (Å²) in [6.45, 7) is 2.15. The van der Waals surface area contributed by atoms with E-state index in [1.807, 2.05) is 12.1 Å². The molecule has 0 radical (unpaired) electrons. The molecule has 6 heteroatoms. The van der Waals surface area contributed by atoms with Crippen molar-refractivity contribution in [3.8, 4) is 0 Å². The zero-order valence-electron chi connectivity index (χ0n) is 18.0. The Morgan fingerprint density at radius 3 is 2.77 bits per heavy atom. The van der Waals surface area contributed by atoms with Crippen LogP contribution >= 0.6 is 0 Å². The van der Waals surface area contributed by atoms with E-state index in [0.717, 1.165) is 61.2 Å². The first kappa shape index (κ1) is 19.8. The van der Waals surface area contributed by atoms with Gasteiger partial charge in [0, 0.05) is 11.1 Å². The predicted octanol–water partition coefficient (Wildman–Crippen LogP) is 4.16. The largest absolute Gasteiger partial charge is 0.370 e. The Labute approximate surface area is 183 Å². The summed E-state index contributed by atoms with van der Waals surface area (Å²) < 4.78 is 0. The minimum Gasteiger partial charge on any atom is -0.370 e. The number of hydrogen-bond donors (Lipinski definition) is 3. The maximum Gasteiger partial charge on any atom is 0.193 e. The van der Waals surface area contributed by atoms with E-state index in [9.17, 15) is 0 Å². The van der Waals surface area contributed by atoms with Gasteiger partial charge in [0.1, 0.15) is 5.82 Å². The van der Waals surface area contributed by atoms with Gasteiger partial charge in [-0.15, -0.1) is 0 Å². The Balaban J connectivity index is 1.27. The second-order valence-electron chi connectivity index (χ2n) is 8.71. The lowest BCUT2D eigenvalue weighted by Crippen LogP contribution is -2.34. The molecule has 1 atom stereocenters. The fourth-order valence-electron chi connectivity index (χ4n) is 4.67. The third kappa shape index (κ3) is 4.49. The highest BCUT2D eigenvalue weighted by Gasteiger charge is 2.22. The molecule has 1 aromatic heterocycles. The molecule has 6 nitrogen and oxygen atoms in total. The van der Waals surface area contributed by atoms with Crippen LogP contribution in [0.25, 0.3) is 10.9 Å². The average molecular weight is 415 g/mol. The molecule has 1 aliphatic carbocycles. The molecule has 1 unspecified atom stereocenters. The zero-order chi connectivity index (χ0) is 21.2. The molecule has 2 aromatic carbocycles. The quantitative estimate of drug-likeness (QED) is 0.441.